The third-order valence-corrected chi connectivity index (χ3v) is 5.06. The summed E-state index contributed by atoms with van der Waals surface area (Å²) in [5, 5.41) is 0.420. The van der Waals surface area contributed by atoms with Gasteiger partial charge in [-0.3, -0.25) is 0 Å². The number of hydrogen-bond acceptors (Lipinski definition) is 1. The molecular weight excluding hydrogens is 403 g/mol. The van der Waals surface area contributed by atoms with Crippen molar-refractivity contribution in [3.05, 3.63) is 62.7 Å². The van der Waals surface area contributed by atoms with Crippen molar-refractivity contribution in [2.75, 3.05) is 4.90 Å². The smallest absolute Gasteiger partial charge is 0.171 e. The Labute approximate surface area is 151 Å². The minimum atomic E-state index is 0.144. The number of benzene rings is 2. The lowest BCUT2D eigenvalue weighted by atomic mass is 9.99. The van der Waals surface area contributed by atoms with Crippen LogP contribution in [-0.2, 0) is 0 Å². The van der Waals surface area contributed by atoms with Crippen LogP contribution in [0.4, 0.5) is 5.69 Å². The molecule has 1 atom stereocenters. The Morgan fingerprint density at radius 3 is 2.23 bits per heavy atom. The molecule has 1 unspecified atom stereocenters. The number of aryl methyl sites for hydroxylation is 2. The Morgan fingerprint density at radius 1 is 1.14 bits per heavy atom. The largest absolute Gasteiger partial charge is 0.376 e. The lowest BCUT2D eigenvalue weighted by Crippen LogP contribution is -2.39. The fourth-order valence-corrected chi connectivity index (χ4v) is 3.86. The molecule has 0 amide bonds. The van der Waals surface area contributed by atoms with E-state index in [2.05, 4.69) is 90.7 Å². The Morgan fingerprint density at radius 2 is 1.73 bits per heavy atom. The maximum absolute atomic E-state index is 6.13. The number of thiocarbonyl (C=S) groups is 1. The van der Waals surface area contributed by atoms with E-state index in [4.69, 9.17) is 18.0 Å². The van der Waals surface area contributed by atoms with E-state index in [9.17, 15) is 0 Å². The monoisotopic (exact) mass is 424 g/mol. The molecule has 22 heavy (non-hydrogen) atoms. The predicted octanol–water partition coefficient (Wildman–Crippen LogP) is 5.11. The van der Waals surface area contributed by atoms with E-state index in [0.717, 1.165) is 12.1 Å². The molecule has 0 aliphatic rings. The van der Waals surface area contributed by atoms with E-state index in [1.807, 2.05) is 0 Å². The van der Waals surface area contributed by atoms with Crippen LogP contribution in [0.15, 0.2) is 42.5 Å². The highest BCUT2D eigenvalue weighted by Crippen LogP contribution is 2.35. The summed E-state index contributed by atoms with van der Waals surface area (Å²) in [7, 11) is 0. The van der Waals surface area contributed by atoms with Crippen molar-refractivity contribution in [3.8, 4) is 0 Å². The Bertz CT molecular complexity index is 664. The van der Waals surface area contributed by atoms with Crippen LogP contribution in [0.25, 0.3) is 0 Å². The van der Waals surface area contributed by atoms with Crippen molar-refractivity contribution in [3.63, 3.8) is 0 Å². The number of para-hydroxylation sites is 1. The van der Waals surface area contributed by atoms with Gasteiger partial charge in [0.1, 0.15) is 0 Å². The Hall–Kier alpha value is -1.14. The van der Waals surface area contributed by atoms with Gasteiger partial charge in [0.2, 0.25) is 0 Å². The van der Waals surface area contributed by atoms with E-state index in [-0.39, 0.29) is 6.04 Å². The van der Waals surface area contributed by atoms with Gasteiger partial charge < -0.3 is 10.6 Å². The zero-order chi connectivity index (χ0) is 16.3. The highest BCUT2D eigenvalue weighted by atomic mass is 127. The number of nitrogens with two attached hydrogens (primary N) is 1. The number of anilines is 1. The molecule has 4 heteroatoms. The third-order valence-electron chi connectivity index (χ3n) is 3.88. The van der Waals surface area contributed by atoms with Crippen molar-refractivity contribution in [2.24, 2.45) is 5.73 Å². The quantitative estimate of drug-likeness (QED) is 0.547. The van der Waals surface area contributed by atoms with Crippen LogP contribution in [0, 0.1) is 17.4 Å². The molecule has 0 aliphatic heterocycles. The third kappa shape index (κ3) is 3.43. The standard InChI is InChI=1S/C18H21IN2S/c1-4-16(14-10-5-6-11-15(14)19)21(18(20)22)17-12(2)8-7-9-13(17)3/h5-11,16H,4H2,1-3H3,(H2,20,22). The van der Waals surface area contributed by atoms with Gasteiger partial charge in [-0.25, -0.2) is 0 Å². The van der Waals surface area contributed by atoms with Gasteiger partial charge in [0, 0.05) is 9.26 Å². The average Bonchev–Trinajstić information content (AvgIpc) is 2.47. The number of halogens is 1. The molecular formula is C18H21IN2S. The van der Waals surface area contributed by atoms with Crippen molar-refractivity contribution < 1.29 is 0 Å². The summed E-state index contributed by atoms with van der Waals surface area (Å²) in [5.74, 6) is 0. The summed E-state index contributed by atoms with van der Waals surface area (Å²) < 4.78 is 1.24. The fraction of sp³-hybridized carbons (Fsp3) is 0.278. The molecule has 0 saturated heterocycles. The molecule has 0 fully saturated rings. The van der Waals surface area contributed by atoms with Crippen LogP contribution in [0.2, 0.25) is 0 Å². The molecule has 0 heterocycles. The summed E-state index contributed by atoms with van der Waals surface area (Å²) >= 11 is 7.79. The summed E-state index contributed by atoms with van der Waals surface area (Å²) in [4.78, 5) is 2.11. The topological polar surface area (TPSA) is 29.3 Å². The number of nitrogens with zero attached hydrogens (tertiary/aromatic N) is 1. The first-order chi connectivity index (χ1) is 10.5. The van der Waals surface area contributed by atoms with Crippen LogP contribution >= 0.6 is 34.8 Å². The molecule has 0 radical (unpaired) electrons. The predicted molar refractivity (Wildman–Crippen MR) is 107 cm³/mol. The van der Waals surface area contributed by atoms with Gasteiger partial charge in [-0.15, -0.1) is 0 Å². The first kappa shape index (κ1) is 17.2. The molecule has 2 aromatic rings. The highest BCUT2D eigenvalue weighted by Gasteiger charge is 2.25. The maximum atomic E-state index is 6.13. The van der Waals surface area contributed by atoms with Crippen LogP contribution in [-0.4, -0.2) is 5.11 Å². The van der Waals surface area contributed by atoms with Gasteiger partial charge in [-0.05, 0) is 77.8 Å². The van der Waals surface area contributed by atoms with Gasteiger partial charge in [-0.1, -0.05) is 43.3 Å². The second kappa shape index (κ2) is 7.42. The highest BCUT2D eigenvalue weighted by molar-refractivity contribution is 14.1. The zero-order valence-corrected chi connectivity index (χ0v) is 16.1. The first-order valence-corrected chi connectivity index (χ1v) is 8.85. The molecule has 2 aromatic carbocycles. The van der Waals surface area contributed by atoms with Crippen molar-refractivity contribution in [1.82, 2.24) is 0 Å². The Kier molecular flexibility index (Phi) is 5.81. The minimum Gasteiger partial charge on any atom is -0.376 e. The van der Waals surface area contributed by atoms with Gasteiger partial charge in [0.15, 0.2) is 5.11 Å². The second-order valence-corrected chi connectivity index (χ2v) is 6.97. The molecule has 0 saturated carbocycles. The molecule has 0 aliphatic carbocycles. The summed E-state index contributed by atoms with van der Waals surface area (Å²) in [5.41, 5.74) is 10.9. The fourth-order valence-electron chi connectivity index (χ4n) is 2.89. The first-order valence-electron chi connectivity index (χ1n) is 7.36. The minimum absolute atomic E-state index is 0.144. The summed E-state index contributed by atoms with van der Waals surface area (Å²) in [6.45, 7) is 6.39. The van der Waals surface area contributed by atoms with Crippen molar-refractivity contribution >= 4 is 45.6 Å². The molecule has 2 N–H and O–H groups in total. The van der Waals surface area contributed by atoms with Crippen LogP contribution in [0.1, 0.15) is 36.1 Å². The van der Waals surface area contributed by atoms with Crippen LogP contribution in [0.3, 0.4) is 0 Å². The summed E-state index contributed by atoms with van der Waals surface area (Å²) in [6.07, 6.45) is 0.936. The lowest BCUT2D eigenvalue weighted by Gasteiger charge is -2.34. The summed E-state index contributed by atoms with van der Waals surface area (Å²) in [6, 6.07) is 14.8. The van der Waals surface area contributed by atoms with E-state index in [1.54, 1.807) is 0 Å². The molecule has 0 aromatic heterocycles. The van der Waals surface area contributed by atoms with Crippen molar-refractivity contribution in [2.45, 2.75) is 33.2 Å². The zero-order valence-electron chi connectivity index (χ0n) is 13.1. The molecule has 116 valence electrons. The maximum Gasteiger partial charge on any atom is 0.171 e. The van der Waals surface area contributed by atoms with Gasteiger partial charge in [0.25, 0.3) is 0 Å². The number of hydrogen-bond donors (Lipinski definition) is 1. The van der Waals surface area contributed by atoms with Gasteiger partial charge in [-0.2, -0.15) is 0 Å². The van der Waals surface area contributed by atoms with E-state index < -0.39 is 0 Å². The van der Waals surface area contributed by atoms with E-state index >= 15 is 0 Å². The SMILES string of the molecule is CCC(c1ccccc1I)N(C(N)=S)c1c(C)cccc1C. The number of rotatable bonds is 4. The van der Waals surface area contributed by atoms with Gasteiger partial charge in [0.05, 0.1) is 6.04 Å². The second-order valence-electron chi connectivity index (χ2n) is 5.39. The van der Waals surface area contributed by atoms with Gasteiger partial charge >= 0.3 is 0 Å². The molecule has 2 rings (SSSR count). The molecule has 2 nitrogen and oxygen atoms in total. The lowest BCUT2D eigenvalue weighted by molar-refractivity contribution is 0.680. The van der Waals surface area contributed by atoms with Crippen molar-refractivity contribution in [1.29, 1.82) is 0 Å². The molecule has 0 spiro atoms. The van der Waals surface area contributed by atoms with E-state index in [1.165, 1.54) is 20.3 Å². The normalized spacial score (nSPS) is 12.0. The average molecular weight is 424 g/mol. The van der Waals surface area contributed by atoms with E-state index in [0.29, 0.717) is 5.11 Å². The molecule has 0 bridgehead atoms. The van der Waals surface area contributed by atoms with Crippen LogP contribution in [0.5, 0.6) is 0 Å². The Balaban J connectivity index is 2.60. The van der Waals surface area contributed by atoms with Crippen LogP contribution < -0.4 is 10.6 Å².